The fourth-order valence-corrected chi connectivity index (χ4v) is 2.43. The van der Waals surface area contributed by atoms with Crippen molar-refractivity contribution in [1.29, 1.82) is 0 Å². The monoisotopic (exact) mass is 338 g/mol. The SMILES string of the molecule is CC(C)c1cn([C@@H]2O[C@H](CO)[C@@H](O)[C@H]2O)c(=O)nc1C(F)(F)F. The normalized spacial score (nSPS) is 28.6. The molecular weight excluding hydrogens is 321 g/mol. The Balaban J connectivity index is 2.53. The minimum Gasteiger partial charge on any atom is -0.394 e. The molecule has 1 aliphatic rings. The Morgan fingerprint density at radius 1 is 1.35 bits per heavy atom. The zero-order valence-electron chi connectivity index (χ0n) is 12.4. The fraction of sp³-hybridized carbons (Fsp3) is 0.692. The summed E-state index contributed by atoms with van der Waals surface area (Å²) in [5, 5.41) is 28.6. The van der Waals surface area contributed by atoms with Crippen LogP contribution in [0.3, 0.4) is 0 Å². The van der Waals surface area contributed by atoms with Crippen LogP contribution in [0.1, 0.15) is 37.3 Å². The van der Waals surface area contributed by atoms with Crippen molar-refractivity contribution < 1.29 is 33.2 Å². The molecule has 2 rings (SSSR count). The third kappa shape index (κ3) is 3.25. The van der Waals surface area contributed by atoms with Gasteiger partial charge in [-0.2, -0.15) is 18.2 Å². The lowest BCUT2D eigenvalue weighted by Gasteiger charge is -2.21. The second-order valence-electron chi connectivity index (χ2n) is 5.62. The van der Waals surface area contributed by atoms with Gasteiger partial charge in [0.2, 0.25) is 0 Å². The molecule has 4 atom stereocenters. The highest BCUT2D eigenvalue weighted by molar-refractivity contribution is 5.23. The van der Waals surface area contributed by atoms with Crippen LogP contribution in [-0.2, 0) is 10.9 Å². The van der Waals surface area contributed by atoms with E-state index in [9.17, 15) is 28.2 Å². The molecule has 1 aromatic rings. The topological polar surface area (TPSA) is 105 Å². The number of halogens is 3. The van der Waals surface area contributed by atoms with Gasteiger partial charge < -0.3 is 20.1 Å². The number of nitrogens with zero attached hydrogens (tertiary/aromatic N) is 2. The summed E-state index contributed by atoms with van der Waals surface area (Å²) < 4.78 is 44.8. The van der Waals surface area contributed by atoms with Crippen LogP contribution in [0.4, 0.5) is 13.2 Å². The summed E-state index contributed by atoms with van der Waals surface area (Å²) in [4.78, 5) is 15.0. The number of aliphatic hydroxyl groups is 3. The minimum absolute atomic E-state index is 0.241. The van der Waals surface area contributed by atoms with Gasteiger partial charge in [-0.25, -0.2) is 4.79 Å². The molecule has 0 aromatic carbocycles. The molecule has 0 unspecified atom stereocenters. The number of aliphatic hydroxyl groups excluding tert-OH is 3. The molecule has 23 heavy (non-hydrogen) atoms. The van der Waals surface area contributed by atoms with Gasteiger partial charge in [0.05, 0.1) is 6.61 Å². The predicted octanol–water partition coefficient (Wildman–Crippen LogP) is -0.00300. The summed E-state index contributed by atoms with van der Waals surface area (Å²) in [6, 6.07) is 0. The third-order valence-corrected chi connectivity index (χ3v) is 3.66. The van der Waals surface area contributed by atoms with Crippen molar-refractivity contribution in [3.63, 3.8) is 0 Å². The molecule has 0 radical (unpaired) electrons. The third-order valence-electron chi connectivity index (χ3n) is 3.66. The highest BCUT2D eigenvalue weighted by Crippen LogP contribution is 2.34. The molecule has 3 N–H and O–H groups in total. The highest BCUT2D eigenvalue weighted by Gasteiger charge is 2.45. The van der Waals surface area contributed by atoms with Crippen LogP contribution in [0.2, 0.25) is 0 Å². The number of rotatable bonds is 3. The van der Waals surface area contributed by atoms with Crippen molar-refractivity contribution in [3.8, 4) is 0 Å². The van der Waals surface area contributed by atoms with E-state index in [1.807, 2.05) is 0 Å². The summed E-state index contributed by atoms with van der Waals surface area (Å²) >= 11 is 0. The fourth-order valence-electron chi connectivity index (χ4n) is 2.43. The first kappa shape index (κ1) is 17.9. The molecule has 130 valence electrons. The molecular formula is C13H17F3N2O5. The van der Waals surface area contributed by atoms with Crippen molar-refractivity contribution in [1.82, 2.24) is 9.55 Å². The zero-order chi connectivity index (χ0) is 17.5. The minimum atomic E-state index is -4.79. The van der Waals surface area contributed by atoms with E-state index in [1.165, 1.54) is 13.8 Å². The molecule has 0 bridgehead atoms. The lowest BCUT2D eigenvalue weighted by Crippen LogP contribution is -2.37. The molecule has 0 amide bonds. The van der Waals surface area contributed by atoms with E-state index in [-0.39, 0.29) is 5.56 Å². The number of aromatic nitrogens is 2. The maximum absolute atomic E-state index is 13.0. The zero-order valence-corrected chi connectivity index (χ0v) is 12.4. The van der Waals surface area contributed by atoms with Crippen molar-refractivity contribution in [2.24, 2.45) is 0 Å². The van der Waals surface area contributed by atoms with Gasteiger partial charge in [0.25, 0.3) is 0 Å². The predicted molar refractivity (Wildman–Crippen MR) is 70.6 cm³/mol. The molecule has 1 aliphatic heterocycles. The summed E-state index contributed by atoms with van der Waals surface area (Å²) in [5.41, 5.74) is -2.80. The summed E-state index contributed by atoms with van der Waals surface area (Å²) in [6.07, 6.45) is -9.50. The summed E-state index contributed by atoms with van der Waals surface area (Å²) in [7, 11) is 0. The Hall–Kier alpha value is -1.49. The van der Waals surface area contributed by atoms with Gasteiger partial charge in [0.1, 0.15) is 18.3 Å². The molecule has 0 saturated carbocycles. The van der Waals surface area contributed by atoms with Crippen LogP contribution in [0, 0.1) is 0 Å². The molecule has 1 aromatic heterocycles. The van der Waals surface area contributed by atoms with Crippen LogP contribution < -0.4 is 5.69 Å². The molecule has 1 saturated heterocycles. The van der Waals surface area contributed by atoms with Crippen molar-refractivity contribution >= 4 is 0 Å². The Kier molecular flexibility index (Phi) is 4.81. The highest BCUT2D eigenvalue weighted by atomic mass is 19.4. The average molecular weight is 338 g/mol. The Labute approximate surface area is 129 Å². The van der Waals surface area contributed by atoms with E-state index in [1.54, 1.807) is 0 Å². The van der Waals surface area contributed by atoms with Gasteiger partial charge in [0, 0.05) is 11.8 Å². The van der Waals surface area contributed by atoms with Crippen LogP contribution in [0.15, 0.2) is 11.0 Å². The van der Waals surface area contributed by atoms with Gasteiger partial charge in [-0.3, -0.25) is 4.57 Å². The molecule has 7 nitrogen and oxygen atoms in total. The number of hydrogen-bond donors (Lipinski definition) is 3. The van der Waals surface area contributed by atoms with Crippen molar-refractivity contribution in [2.75, 3.05) is 6.61 Å². The van der Waals surface area contributed by atoms with Gasteiger partial charge in [-0.15, -0.1) is 0 Å². The molecule has 1 fully saturated rings. The maximum atomic E-state index is 13.0. The standard InChI is InChI=1S/C13H17F3N2O5/c1-5(2)6-3-18(12(22)17-10(6)13(14,15)16)11-9(21)8(20)7(4-19)23-11/h3,5,7-9,11,19-21H,4H2,1-2H3/t7-,8-,9-,11-/m1/s1. The first-order valence-corrected chi connectivity index (χ1v) is 6.90. The smallest absolute Gasteiger partial charge is 0.394 e. The van der Waals surface area contributed by atoms with Crippen molar-refractivity contribution in [3.05, 3.63) is 27.9 Å². The second-order valence-corrected chi connectivity index (χ2v) is 5.62. The molecule has 10 heteroatoms. The van der Waals surface area contributed by atoms with Crippen LogP contribution in [-0.4, -0.2) is 49.8 Å². The van der Waals surface area contributed by atoms with Crippen molar-refractivity contribution in [2.45, 2.75) is 50.5 Å². The first-order chi connectivity index (χ1) is 10.6. The number of alkyl halides is 3. The Bertz CT molecular complexity index is 631. The van der Waals surface area contributed by atoms with Gasteiger partial charge in [-0.1, -0.05) is 13.8 Å². The second kappa shape index (κ2) is 6.19. The largest absolute Gasteiger partial charge is 0.433 e. The Morgan fingerprint density at radius 2 is 1.96 bits per heavy atom. The quantitative estimate of drug-likeness (QED) is 0.716. The summed E-state index contributed by atoms with van der Waals surface area (Å²) in [6.45, 7) is 2.38. The van der Waals surface area contributed by atoms with E-state index >= 15 is 0 Å². The van der Waals surface area contributed by atoms with Gasteiger partial charge in [-0.05, 0) is 5.92 Å². The molecule has 2 heterocycles. The van der Waals surface area contributed by atoms with Gasteiger partial charge in [0.15, 0.2) is 11.9 Å². The Morgan fingerprint density at radius 3 is 2.39 bits per heavy atom. The number of hydrogen-bond acceptors (Lipinski definition) is 6. The van der Waals surface area contributed by atoms with E-state index in [0.29, 0.717) is 4.57 Å². The first-order valence-electron chi connectivity index (χ1n) is 6.90. The van der Waals surface area contributed by atoms with E-state index in [2.05, 4.69) is 4.98 Å². The van der Waals surface area contributed by atoms with Crippen LogP contribution in [0.5, 0.6) is 0 Å². The lowest BCUT2D eigenvalue weighted by atomic mass is 10.0. The van der Waals surface area contributed by atoms with Crippen LogP contribution >= 0.6 is 0 Å². The van der Waals surface area contributed by atoms with E-state index in [4.69, 9.17) is 9.84 Å². The maximum Gasteiger partial charge on any atom is 0.433 e. The molecule has 0 aliphatic carbocycles. The molecule has 0 spiro atoms. The summed E-state index contributed by atoms with van der Waals surface area (Å²) in [5.74, 6) is -0.594. The lowest BCUT2D eigenvalue weighted by molar-refractivity contribution is -0.142. The van der Waals surface area contributed by atoms with Crippen LogP contribution in [0.25, 0.3) is 0 Å². The van der Waals surface area contributed by atoms with Gasteiger partial charge >= 0.3 is 11.9 Å². The van der Waals surface area contributed by atoms with E-state index in [0.717, 1.165) is 6.20 Å². The number of ether oxygens (including phenoxy) is 1. The van der Waals surface area contributed by atoms with E-state index < -0.39 is 54.6 Å². The average Bonchev–Trinajstić information content (AvgIpc) is 2.73.